The highest BCUT2D eigenvalue weighted by molar-refractivity contribution is 5.70. The van der Waals surface area contributed by atoms with Crippen LogP contribution >= 0.6 is 0 Å². The first-order valence-corrected chi connectivity index (χ1v) is 25.3. The molecule has 0 rings (SSSR count). The van der Waals surface area contributed by atoms with Crippen LogP contribution < -0.4 is 5.11 Å². The molecule has 0 aromatic heterocycles. The van der Waals surface area contributed by atoms with Crippen LogP contribution in [0.2, 0.25) is 0 Å². The number of rotatable bonds is 44. The number of nitrogens with zero attached hydrogens (tertiary/aromatic N) is 1. The first-order valence-electron chi connectivity index (χ1n) is 25.3. The van der Waals surface area contributed by atoms with Crippen LogP contribution in [0.25, 0.3) is 0 Å². The third-order valence-electron chi connectivity index (χ3n) is 10.7. The van der Waals surface area contributed by atoms with Crippen LogP contribution in [-0.2, 0) is 28.6 Å². The first-order chi connectivity index (χ1) is 31.1. The van der Waals surface area contributed by atoms with Crippen LogP contribution in [0.1, 0.15) is 187 Å². The summed E-state index contributed by atoms with van der Waals surface area (Å²) in [5, 5.41) is 11.7. The Morgan fingerprint density at radius 2 is 0.828 bits per heavy atom. The normalized spacial score (nSPS) is 13.7. The standard InChI is InChI=1S/C56H93NO7/c1-6-8-10-12-14-16-18-20-22-24-26-28-30-32-34-36-38-40-42-44-46-54(58)63-51-52(50-62-49-48-53(56(60)61)57(3,4)5)64-55(59)47-45-43-41-39-37-35-33-31-29-27-25-23-21-19-17-15-13-11-9-7-2/h8-11,14-17,20-23,26-29,52-53H,6-7,12-13,18-19,24-25,30-51H2,1-5H3/b10-8+,11-9+,16-14+,17-15+,22-20+,23-21+,28-26+,29-27+. The lowest BCUT2D eigenvalue weighted by molar-refractivity contribution is -0.889. The van der Waals surface area contributed by atoms with Gasteiger partial charge in [0.1, 0.15) is 12.6 Å². The average Bonchev–Trinajstić information content (AvgIpc) is 3.26. The van der Waals surface area contributed by atoms with Crippen molar-refractivity contribution in [3.63, 3.8) is 0 Å². The highest BCUT2D eigenvalue weighted by atomic mass is 16.6. The smallest absolute Gasteiger partial charge is 0.306 e. The van der Waals surface area contributed by atoms with E-state index in [0.29, 0.717) is 12.8 Å². The molecule has 0 spiro atoms. The first kappa shape index (κ1) is 60.2. The molecule has 0 saturated heterocycles. The minimum Gasteiger partial charge on any atom is -0.544 e. The number of hydrogen-bond donors (Lipinski definition) is 0. The molecular formula is C56H93NO7. The average molecular weight is 892 g/mol. The monoisotopic (exact) mass is 892 g/mol. The van der Waals surface area contributed by atoms with Gasteiger partial charge in [-0.2, -0.15) is 0 Å². The zero-order valence-electron chi connectivity index (χ0n) is 41.4. The molecule has 0 radical (unpaired) electrons. The maximum Gasteiger partial charge on any atom is 0.306 e. The van der Waals surface area contributed by atoms with Gasteiger partial charge >= 0.3 is 11.9 Å². The Hall–Kier alpha value is -3.75. The van der Waals surface area contributed by atoms with Crippen LogP contribution in [0.15, 0.2) is 97.2 Å². The lowest BCUT2D eigenvalue weighted by Crippen LogP contribution is -2.55. The lowest BCUT2D eigenvalue weighted by atomic mass is 10.1. The zero-order chi connectivity index (χ0) is 47.0. The second kappa shape index (κ2) is 45.8. The van der Waals surface area contributed by atoms with Crippen molar-refractivity contribution in [2.75, 3.05) is 41.0 Å². The van der Waals surface area contributed by atoms with E-state index in [1.165, 1.54) is 44.9 Å². The fraction of sp³-hybridized carbons (Fsp3) is 0.661. The largest absolute Gasteiger partial charge is 0.544 e. The highest BCUT2D eigenvalue weighted by Gasteiger charge is 2.25. The van der Waals surface area contributed by atoms with Crippen molar-refractivity contribution in [1.82, 2.24) is 0 Å². The maximum absolute atomic E-state index is 12.8. The molecule has 0 aromatic rings. The molecule has 0 aliphatic carbocycles. The number of carbonyl (C=O) groups excluding carboxylic acids is 3. The summed E-state index contributed by atoms with van der Waals surface area (Å²) in [5.41, 5.74) is 0. The Balaban J connectivity index is 4.32. The van der Waals surface area contributed by atoms with Crippen LogP contribution in [0.4, 0.5) is 0 Å². The zero-order valence-corrected chi connectivity index (χ0v) is 41.4. The summed E-state index contributed by atoms with van der Waals surface area (Å²) in [4.78, 5) is 37.0. The molecule has 364 valence electrons. The van der Waals surface area contributed by atoms with Crippen molar-refractivity contribution >= 4 is 17.9 Å². The highest BCUT2D eigenvalue weighted by Crippen LogP contribution is 2.14. The van der Waals surface area contributed by atoms with Crippen molar-refractivity contribution in [3.05, 3.63) is 97.2 Å². The predicted octanol–water partition coefficient (Wildman–Crippen LogP) is 13.3. The van der Waals surface area contributed by atoms with Gasteiger partial charge in [-0.05, 0) is 89.9 Å². The Morgan fingerprint density at radius 1 is 0.469 bits per heavy atom. The minimum absolute atomic E-state index is 0.0269. The van der Waals surface area contributed by atoms with Gasteiger partial charge in [0.05, 0.1) is 40.3 Å². The van der Waals surface area contributed by atoms with Crippen LogP contribution in [0, 0.1) is 0 Å². The van der Waals surface area contributed by atoms with E-state index in [2.05, 4.69) is 111 Å². The summed E-state index contributed by atoms with van der Waals surface area (Å²) in [6.07, 6.45) is 61.4. The number of carboxylic acid groups (broad SMARTS) is 1. The molecule has 0 fully saturated rings. The van der Waals surface area contributed by atoms with E-state index in [-0.39, 0.29) is 42.7 Å². The third-order valence-corrected chi connectivity index (χ3v) is 10.7. The number of likely N-dealkylation sites (N-methyl/N-ethyl adjacent to an activating group) is 1. The molecule has 0 heterocycles. The van der Waals surface area contributed by atoms with Crippen molar-refractivity contribution in [2.45, 2.75) is 199 Å². The van der Waals surface area contributed by atoms with Crippen molar-refractivity contribution in [3.8, 4) is 0 Å². The molecule has 0 aliphatic heterocycles. The Kier molecular flexibility index (Phi) is 43.1. The van der Waals surface area contributed by atoms with Crippen molar-refractivity contribution < 1.29 is 38.2 Å². The predicted molar refractivity (Wildman–Crippen MR) is 268 cm³/mol. The fourth-order valence-corrected chi connectivity index (χ4v) is 6.88. The number of ether oxygens (including phenoxy) is 3. The van der Waals surface area contributed by atoms with Gasteiger partial charge in [0.25, 0.3) is 0 Å². The summed E-state index contributed by atoms with van der Waals surface area (Å²) < 4.78 is 17.2. The third kappa shape index (κ3) is 43.5. The molecule has 0 aromatic carbocycles. The van der Waals surface area contributed by atoms with Crippen LogP contribution in [-0.4, -0.2) is 75.5 Å². The van der Waals surface area contributed by atoms with Gasteiger partial charge in [0.15, 0.2) is 6.10 Å². The topological polar surface area (TPSA) is 102 Å². The van der Waals surface area contributed by atoms with Crippen molar-refractivity contribution in [1.29, 1.82) is 0 Å². The summed E-state index contributed by atoms with van der Waals surface area (Å²) in [7, 11) is 5.40. The van der Waals surface area contributed by atoms with E-state index >= 15 is 0 Å². The van der Waals surface area contributed by atoms with Gasteiger partial charge in [-0.3, -0.25) is 9.59 Å². The number of esters is 2. The van der Waals surface area contributed by atoms with E-state index in [9.17, 15) is 19.5 Å². The number of allylic oxidation sites excluding steroid dienone is 16. The van der Waals surface area contributed by atoms with E-state index in [0.717, 1.165) is 109 Å². The fourth-order valence-electron chi connectivity index (χ4n) is 6.88. The summed E-state index contributed by atoms with van der Waals surface area (Å²) >= 11 is 0. The van der Waals surface area contributed by atoms with E-state index in [4.69, 9.17) is 14.2 Å². The molecular weight excluding hydrogens is 799 g/mol. The van der Waals surface area contributed by atoms with Crippen LogP contribution in [0.5, 0.6) is 0 Å². The SMILES string of the molecule is CC/C=C/C/C=C/C/C=C/C/C=C/CCCCCCCCCC(=O)OCC(COCCC(C(=O)[O-])[N+](C)(C)C)OC(=O)CCCCCCCCC/C=C/C/C=C/C/C=C/C/C=C/CC. The second-order valence-electron chi connectivity index (χ2n) is 17.6. The lowest BCUT2D eigenvalue weighted by Gasteiger charge is -2.34. The van der Waals surface area contributed by atoms with E-state index < -0.39 is 18.1 Å². The van der Waals surface area contributed by atoms with Gasteiger partial charge in [-0.25, -0.2) is 0 Å². The van der Waals surface area contributed by atoms with Gasteiger partial charge in [-0.15, -0.1) is 0 Å². The minimum atomic E-state index is -1.13. The quantitative estimate of drug-likeness (QED) is 0.0260. The molecule has 0 saturated carbocycles. The number of aliphatic carboxylic acids is 1. The molecule has 8 heteroatoms. The summed E-state index contributed by atoms with van der Waals surface area (Å²) in [6, 6.07) is -0.736. The molecule has 0 bridgehead atoms. The van der Waals surface area contributed by atoms with Crippen molar-refractivity contribution in [2.24, 2.45) is 0 Å². The number of hydrogen-bond acceptors (Lipinski definition) is 7. The molecule has 64 heavy (non-hydrogen) atoms. The van der Waals surface area contributed by atoms with E-state index in [1.807, 2.05) is 0 Å². The molecule has 2 unspecified atom stereocenters. The Bertz CT molecular complexity index is 1360. The summed E-state index contributed by atoms with van der Waals surface area (Å²) in [5.74, 6) is -1.77. The molecule has 0 amide bonds. The van der Waals surface area contributed by atoms with E-state index in [1.54, 1.807) is 21.1 Å². The van der Waals surface area contributed by atoms with Gasteiger partial charge < -0.3 is 28.6 Å². The maximum atomic E-state index is 12.8. The van der Waals surface area contributed by atoms with Crippen LogP contribution in [0.3, 0.4) is 0 Å². The Morgan fingerprint density at radius 3 is 1.22 bits per heavy atom. The molecule has 0 N–H and O–H groups in total. The molecule has 8 nitrogen and oxygen atoms in total. The number of quaternary nitrogens is 1. The number of unbranched alkanes of at least 4 members (excludes halogenated alkanes) is 14. The molecule has 0 aliphatic rings. The Labute approximate surface area is 392 Å². The van der Waals surface area contributed by atoms with Gasteiger partial charge in [0.2, 0.25) is 0 Å². The van der Waals surface area contributed by atoms with Gasteiger partial charge in [0, 0.05) is 19.3 Å². The number of carbonyl (C=O) groups is 3. The summed E-state index contributed by atoms with van der Waals surface area (Å²) in [6.45, 7) is 4.41. The number of carboxylic acids is 1. The molecule has 2 atom stereocenters. The second-order valence-corrected chi connectivity index (χ2v) is 17.6. The van der Waals surface area contributed by atoms with Gasteiger partial charge in [-0.1, -0.05) is 175 Å².